The number of nitrogens with zero attached hydrogens (tertiary/aromatic N) is 2. The molecule has 0 aromatic carbocycles. The Balaban J connectivity index is 2.06. The molecule has 0 saturated carbocycles. The topological polar surface area (TPSA) is 62.2 Å². The zero-order chi connectivity index (χ0) is 17.8. The molecule has 6 nitrogen and oxygen atoms in total. The van der Waals surface area contributed by atoms with Crippen molar-refractivity contribution in [2.24, 2.45) is 5.92 Å². The molecule has 0 atom stereocenters. The summed E-state index contributed by atoms with van der Waals surface area (Å²) in [5, 5.41) is 8.96. The van der Waals surface area contributed by atoms with Crippen molar-refractivity contribution in [3.05, 3.63) is 0 Å². The third kappa shape index (κ3) is 8.85. The molecule has 1 fully saturated rings. The van der Waals surface area contributed by atoms with Crippen LogP contribution in [0.15, 0.2) is 0 Å². The maximum atomic E-state index is 11.9. The van der Waals surface area contributed by atoms with Crippen LogP contribution in [0.5, 0.6) is 0 Å². The fraction of sp³-hybridized carbons (Fsp3) is 0.944. The van der Waals surface area contributed by atoms with Crippen LogP contribution in [0.25, 0.3) is 0 Å². The molecule has 1 rings (SSSR count). The van der Waals surface area contributed by atoms with Gasteiger partial charge in [0.2, 0.25) is 0 Å². The van der Waals surface area contributed by atoms with Crippen molar-refractivity contribution < 1.29 is 19.4 Å². The maximum absolute atomic E-state index is 11.9. The Morgan fingerprint density at radius 2 is 1.96 bits per heavy atom. The Bertz CT molecular complexity index is 331. The van der Waals surface area contributed by atoms with Crippen LogP contribution < -0.4 is 0 Å². The van der Waals surface area contributed by atoms with E-state index in [1.54, 1.807) is 4.90 Å². The van der Waals surface area contributed by atoms with E-state index in [1.807, 2.05) is 13.8 Å². The number of carbonyl (C=O) groups excluding carboxylic acids is 1. The molecule has 1 heterocycles. The van der Waals surface area contributed by atoms with E-state index in [9.17, 15) is 4.79 Å². The molecule has 24 heavy (non-hydrogen) atoms. The van der Waals surface area contributed by atoms with E-state index >= 15 is 0 Å². The van der Waals surface area contributed by atoms with Gasteiger partial charge in [0.15, 0.2) is 0 Å². The van der Waals surface area contributed by atoms with E-state index < -0.39 is 0 Å². The van der Waals surface area contributed by atoms with Gasteiger partial charge in [-0.2, -0.15) is 0 Å². The van der Waals surface area contributed by atoms with Crippen LogP contribution in [-0.2, 0) is 9.47 Å². The van der Waals surface area contributed by atoms with Crippen LogP contribution in [0.1, 0.15) is 46.5 Å². The SMILES string of the molecule is CCN(CCO)CCCCOC1CCN(C(=O)OCC(C)C)CC1. The number of unbranched alkanes of at least 4 members (excludes halogenated alkanes) is 1. The number of ether oxygens (including phenoxy) is 2. The first kappa shape index (κ1) is 21.2. The Kier molecular flexibility index (Phi) is 11.0. The minimum atomic E-state index is -0.189. The lowest BCUT2D eigenvalue weighted by Gasteiger charge is -2.31. The van der Waals surface area contributed by atoms with Gasteiger partial charge in [0.25, 0.3) is 0 Å². The number of likely N-dealkylation sites (tertiary alicyclic amines) is 1. The molecule has 1 N–H and O–H groups in total. The van der Waals surface area contributed by atoms with Gasteiger partial charge in [0.05, 0.1) is 19.3 Å². The molecule has 1 amide bonds. The van der Waals surface area contributed by atoms with E-state index in [-0.39, 0.29) is 18.8 Å². The van der Waals surface area contributed by atoms with E-state index in [2.05, 4.69) is 11.8 Å². The standard InChI is InChI=1S/C18H36N2O4/c1-4-19(12-13-21)9-5-6-14-23-17-7-10-20(11-8-17)18(22)24-15-16(2)3/h16-17,21H,4-15H2,1-3H3. The molecule has 0 radical (unpaired) electrons. The van der Waals surface area contributed by atoms with Crippen molar-refractivity contribution in [2.75, 3.05) is 52.5 Å². The third-order valence-electron chi connectivity index (χ3n) is 4.33. The van der Waals surface area contributed by atoms with Gasteiger partial charge in [0, 0.05) is 26.2 Å². The summed E-state index contributed by atoms with van der Waals surface area (Å²) in [5.74, 6) is 0.371. The van der Waals surface area contributed by atoms with Gasteiger partial charge in [0.1, 0.15) is 0 Å². The molecule has 6 heteroatoms. The quantitative estimate of drug-likeness (QED) is 0.583. The number of hydrogen-bond donors (Lipinski definition) is 1. The van der Waals surface area contributed by atoms with Crippen LogP contribution >= 0.6 is 0 Å². The summed E-state index contributed by atoms with van der Waals surface area (Å²) in [6.07, 6.45) is 3.99. The Labute approximate surface area is 147 Å². The van der Waals surface area contributed by atoms with Crippen molar-refractivity contribution >= 4 is 6.09 Å². The number of amides is 1. The minimum absolute atomic E-state index is 0.189. The molecule has 1 aliphatic heterocycles. The normalized spacial score (nSPS) is 16.2. The number of aliphatic hydroxyl groups is 1. The number of piperidine rings is 1. The molecule has 1 saturated heterocycles. The molecule has 1 aliphatic rings. The van der Waals surface area contributed by atoms with Crippen molar-refractivity contribution in [3.63, 3.8) is 0 Å². The predicted octanol–water partition coefficient (Wildman–Crippen LogP) is 2.35. The molecule has 142 valence electrons. The van der Waals surface area contributed by atoms with Crippen molar-refractivity contribution in [1.29, 1.82) is 0 Å². The summed E-state index contributed by atoms with van der Waals surface area (Å²) < 4.78 is 11.2. The molecule has 0 unspecified atom stereocenters. The van der Waals surface area contributed by atoms with E-state index in [0.717, 1.165) is 65.0 Å². The van der Waals surface area contributed by atoms with Gasteiger partial charge >= 0.3 is 6.09 Å². The molecule has 0 aromatic rings. The summed E-state index contributed by atoms with van der Waals surface area (Å²) in [4.78, 5) is 15.9. The lowest BCUT2D eigenvalue weighted by molar-refractivity contribution is 0.00279. The summed E-state index contributed by atoms with van der Waals surface area (Å²) in [7, 11) is 0. The summed E-state index contributed by atoms with van der Waals surface area (Å²) in [6.45, 7) is 11.9. The molecular formula is C18H36N2O4. The van der Waals surface area contributed by atoms with Crippen molar-refractivity contribution in [3.8, 4) is 0 Å². The van der Waals surface area contributed by atoms with Crippen molar-refractivity contribution in [2.45, 2.75) is 52.6 Å². The van der Waals surface area contributed by atoms with Crippen molar-refractivity contribution in [1.82, 2.24) is 9.80 Å². The second kappa shape index (κ2) is 12.5. The average Bonchev–Trinajstić information content (AvgIpc) is 2.58. The predicted molar refractivity (Wildman–Crippen MR) is 95.2 cm³/mol. The molecule has 0 aromatic heterocycles. The highest BCUT2D eigenvalue weighted by atomic mass is 16.6. The monoisotopic (exact) mass is 344 g/mol. The molecule has 0 spiro atoms. The maximum Gasteiger partial charge on any atom is 0.409 e. The largest absolute Gasteiger partial charge is 0.449 e. The summed E-state index contributed by atoms with van der Waals surface area (Å²) >= 11 is 0. The Morgan fingerprint density at radius 1 is 1.25 bits per heavy atom. The zero-order valence-electron chi connectivity index (χ0n) is 15.7. The summed E-state index contributed by atoms with van der Waals surface area (Å²) in [5.41, 5.74) is 0. The first-order chi connectivity index (χ1) is 11.6. The highest BCUT2D eigenvalue weighted by Gasteiger charge is 2.24. The Morgan fingerprint density at radius 3 is 2.54 bits per heavy atom. The van der Waals surface area contributed by atoms with Crippen LogP contribution in [0, 0.1) is 5.92 Å². The molecule has 0 bridgehead atoms. The molecular weight excluding hydrogens is 308 g/mol. The lowest BCUT2D eigenvalue weighted by Crippen LogP contribution is -2.41. The van der Waals surface area contributed by atoms with Gasteiger partial charge in [-0.1, -0.05) is 20.8 Å². The highest BCUT2D eigenvalue weighted by molar-refractivity contribution is 5.67. The van der Waals surface area contributed by atoms with Gasteiger partial charge in [-0.15, -0.1) is 0 Å². The first-order valence-corrected chi connectivity index (χ1v) is 9.43. The Hall–Kier alpha value is -0.850. The van der Waals surface area contributed by atoms with Crippen LogP contribution in [0.4, 0.5) is 4.79 Å². The number of aliphatic hydroxyl groups excluding tert-OH is 1. The highest BCUT2D eigenvalue weighted by Crippen LogP contribution is 2.15. The summed E-state index contributed by atoms with van der Waals surface area (Å²) in [6, 6.07) is 0. The van der Waals surface area contributed by atoms with Gasteiger partial charge < -0.3 is 24.4 Å². The number of carbonyl (C=O) groups is 1. The lowest BCUT2D eigenvalue weighted by atomic mass is 10.1. The first-order valence-electron chi connectivity index (χ1n) is 9.43. The zero-order valence-corrected chi connectivity index (χ0v) is 15.7. The molecule has 0 aliphatic carbocycles. The van der Waals surface area contributed by atoms with E-state index in [0.29, 0.717) is 12.5 Å². The smallest absolute Gasteiger partial charge is 0.409 e. The van der Waals surface area contributed by atoms with Crippen LogP contribution in [0.2, 0.25) is 0 Å². The third-order valence-corrected chi connectivity index (χ3v) is 4.33. The average molecular weight is 344 g/mol. The minimum Gasteiger partial charge on any atom is -0.449 e. The number of hydrogen-bond acceptors (Lipinski definition) is 5. The number of likely N-dealkylation sites (N-methyl/N-ethyl adjacent to an activating group) is 1. The fourth-order valence-electron chi connectivity index (χ4n) is 2.79. The second-order valence-electron chi connectivity index (χ2n) is 6.89. The fourth-order valence-corrected chi connectivity index (χ4v) is 2.79. The van der Waals surface area contributed by atoms with Crippen LogP contribution in [-0.4, -0.2) is 79.6 Å². The van der Waals surface area contributed by atoms with E-state index in [4.69, 9.17) is 14.6 Å². The van der Waals surface area contributed by atoms with Gasteiger partial charge in [-0.05, 0) is 44.7 Å². The second-order valence-corrected chi connectivity index (χ2v) is 6.89. The van der Waals surface area contributed by atoms with E-state index in [1.165, 1.54) is 0 Å². The van der Waals surface area contributed by atoms with Gasteiger partial charge in [-0.25, -0.2) is 4.79 Å². The number of rotatable bonds is 11. The van der Waals surface area contributed by atoms with Crippen LogP contribution in [0.3, 0.4) is 0 Å². The van der Waals surface area contributed by atoms with Gasteiger partial charge in [-0.3, -0.25) is 0 Å².